The number of nitrogens with zero attached hydrogens (tertiary/aromatic N) is 1. The highest BCUT2D eigenvalue weighted by Gasteiger charge is 2.29. The van der Waals surface area contributed by atoms with Gasteiger partial charge < -0.3 is 4.74 Å². The monoisotopic (exact) mass is 329 g/mol. The number of alkyl halides is 3. The highest BCUT2D eigenvalue weighted by Crippen LogP contribution is 2.29. The van der Waals surface area contributed by atoms with Gasteiger partial charge in [0.15, 0.2) is 0 Å². The third kappa shape index (κ3) is 3.56. The van der Waals surface area contributed by atoms with E-state index in [1.807, 2.05) is 30.3 Å². The predicted molar refractivity (Wildman–Crippen MR) is 88.7 cm³/mol. The van der Waals surface area contributed by atoms with E-state index in [4.69, 9.17) is 4.74 Å². The van der Waals surface area contributed by atoms with Gasteiger partial charge in [-0.15, -0.1) is 0 Å². The van der Waals surface area contributed by atoms with Crippen LogP contribution in [-0.2, 0) is 6.18 Å². The molecule has 0 amide bonds. The summed E-state index contributed by atoms with van der Waals surface area (Å²) < 4.78 is 42.8. The number of fused-ring (bicyclic) bond motifs is 1. The van der Waals surface area contributed by atoms with E-state index in [2.05, 4.69) is 4.98 Å². The molecule has 0 unspecified atom stereocenters. The molecule has 24 heavy (non-hydrogen) atoms. The molecular weight excluding hydrogens is 315 g/mol. The SMILES string of the molecule is COc1ccc2nc(C=Cc3ccc(C(F)(F)F)cc3)ccc2c1. The highest BCUT2D eigenvalue weighted by atomic mass is 19.4. The molecule has 2 aromatic carbocycles. The zero-order valence-electron chi connectivity index (χ0n) is 12.8. The van der Waals surface area contributed by atoms with Crippen LogP contribution in [0.2, 0.25) is 0 Å². The molecule has 2 nitrogen and oxygen atoms in total. The molecule has 0 bridgehead atoms. The van der Waals surface area contributed by atoms with Crippen LogP contribution in [0.1, 0.15) is 16.8 Å². The van der Waals surface area contributed by atoms with Crippen LogP contribution >= 0.6 is 0 Å². The second kappa shape index (κ2) is 6.35. The Labute approximate surface area is 137 Å². The first-order chi connectivity index (χ1) is 11.5. The van der Waals surface area contributed by atoms with Crippen LogP contribution in [-0.4, -0.2) is 12.1 Å². The van der Waals surface area contributed by atoms with Gasteiger partial charge in [-0.2, -0.15) is 13.2 Å². The van der Waals surface area contributed by atoms with E-state index in [9.17, 15) is 13.2 Å². The molecule has 0 spiro atoms. The topological polar surface area (TPSA) is 22.1 Å². The first-order valence-corrected chi connectivity index (χ1v) is 7.26. The second-order valence-electron chi connectivity index (χ2n) is 5.25. The van der Waals surface area contributed by atoms with Crippen molar-refractivity contribution in [3.8, 4) is 5.75 Å². The molecule has 3 aromatic rings. The fourth-order valence-corrected chi connectivity index (χ4v) is 2.30. The Morgan fingerprint density at radius 3 is 2.33 bits per heavy atom. The smallest absolute Gasteiger partial charge is 0.416 e. The van der Waals surface area contributed by atoms with E-state index in [1.54, 1.807) is 19.3 Å². The number of benzene rings is 2. The van der Waals surface area contributed by atoms with Crippen LogP contribution in [0, 0.1) is 0 Å². The van der Waals surface area contributed by atoms with Gasteiger partial charge in [-0.05, 0) is 48.0 Å². The average molecular weight is 329 g/mol. The summed E-state index contributed by atoms with van der Waals surface area (Å²) >= 11 is 0. The number of hydrogen-bond acceptors (Lipinski definition) is 2. The minimum Gasteiger partial charge on any atom is -0.497 e. The third-order valence-electron chi connectivity index (χ3n) is 3.60. The minimum atomic E-state index is -4.32. The summed E-state index contributed by atoms with van der Waals surface area (Å²) in [6.45, 7) is 0. The van der Waals surface area contributed by atoms with E-state index in [1.165, 1.54) is 12.1 Å². The van der Waals surface area contributed by atoms with Crippen LogP contribution in [0.25, 0.3) is 23.1 Å². The second-order valence-corrected chi connectivity index (χ2v) is 5.25. The molecule has 0 N–H and O–H groups in total. The molecule has 0 radical (unpaired) electrons. The van der Waals surface area contributed by atoms with Gasteiger partial charge in [-0.1, -0.05) is 24.3 Å². The van der Waals surface area contributed by atoms with Crippen LogP contribution < -0.4 is 4.74 Å². The maximum absolute atomic E-state index is 12.5. The Bertz CT molecular complexity index is 883. The van der Waals surface area contributed by atoms with Crippen molar-refractivity contribution in [3.63, 3.8) is 0 Å². The molecule has 0 atom stereocenters. The number of pyridine rings is 1. The largest absolute Gasteiger partial charge is 0.497 e. The highest BCUT2D eigenvalue weighted by molar-refractivity contribution is 5.82. The standard InChI is InChI=1S/C19H14F3NO/c1-24-17-10-11-18-14(12-17)5-9-16(23-18)8-4-13-2-6-15(7-3-13)19(20,21)22/h2-12H,1H3. The lowest BCUT2D eigenvalue weighted by Crippen LogP contribution is -2.03. The summed E-state index contributed by atoms with van der Waals surface area (Å²) in [5.41, 5.74) is 1.58. The van der Waals surface area contributed by atoms with Crippen molar-refractivity contribution in [3.05, 3.63) is 71.4 Å². The van der Waals surface area contributed by atoms with Crippen LogP contribution in [0.4, 0.5) is 13.2 Å². The van der Waals surface area contributed by atoms with Crippen molar-refractivity contribution < 1.29 is 17.9 Å². The molecule has 0 aliphatic carbocycles. The zero-order valence-corrected chi connectivity index (χ0v) is 12.8. The van der Waals surface area contributed by atoms with Crippen molar-refractivity contribution in [2.45, 2.75) is 6.18 Å². The molecule has 3 rings (SSSR count). The first-order valence-electron chi connectivity index (χ1n) is 7.26. The van der Waals surface area contributed by atoms with Crippen molar-refractivity contribution in [2.24, 2.45) is 0 Å². The number of hydrogen-bond donors (Lipinski definition) is 0. The van der Waals surface area contributed by atoms with E-state index in [0.717, 1.165) is 34.5 Å². The Balaban J connectivity index is 1.82. The predicted octanol–water partition coefficient (Wildman–Crippen LogP) is 5.43. The molecule has 1 aromatic heterocycles. The maximum Gasteiger partial charge on any atom is 0.416 e. The van der Waals surface area contributed by atoms with Gasteiger partial charge in [0, 0.05) is 5.39 Å². The zero-order chi connectivity index (χ0) is 17.2. The molecular formula is C19H14F3NO. The Morgan fingerprint density at radius 1 is 0.917 bits per heavy atom. The summed E-state index contributed by atoms with van der Waals surface area (Å²) in [7, 11) is 1.61. The van der Waals surface area contributed by atoms with Gasteiger partial charge in [0.1, 0.15) is 5.75 Å². The van der Waals surface area contributed by atoms with Gasteiger partial charge in [-0.3, -0.25) is 0 Å². The van der Waals surface area contributed by atoms with Gasteiger partial charge in [0.2, 0.25) is 0 Å². The van der Waals surface area contributed by atoms with Crippen molar-refractivity contribution in [1.82, 2.24) is 4.98 Å². The van der Waals surface area contributed by atoms with E-state index in [-0.39, 0.29) is 0 Å². The van der Waals surface area contributed by atoms with Crippen LogP contribution in [0.15, 0.2) is 54.6 Å². The van der Waals surface area contributed by atoms with Crippen LogP contribution in [0.5, 0.6) is 5.75 Å². The Kier molecular flexibility index (Phi) is 4.25. The summed E-state index contributed by atoms with van der Waals surface area (Å²) in [5.74, 6) is 0.761. The molecule has 0 fully saturated rings. The molecule has 1 heterocycles. The molecule has 0 aliphatic rings. The van der Waals surface area contributed by atoms with Crippen LogP contribution in [0.3, 0.4) is 0 Å². The fourth-order valence-electron chi connectivity index (χ4n) is 2.30. The molecule has 0 saturated carbocycles. The number of rotatable bonds is 3. The number of methoxy groups -OCH3 is 1. The molecule has 5 heteroatoms. The normalized spacial score (nSPS) is 12.0. The van der Waals surface area contributed by atoms with Crippen molar-refractivity contribution in [1.29, 1.82) is 0 Å². The van der Waals surface area contributed by atoms with E-state index < -0.39 is 11.7 Å². The lowest BCUT2D eigenvalue weighted by Gasteiger charge is -2.06. The summed E-state index contributed by atoms with van der Waals surface area (Å²) in [5, 5.41) is 0.959. The molecule has 0 saturated heterocycles. The number of aromatic nitrogens is 1. The Hall–Kier alpha value is -2.82. The van der Waals surface area contributed by atoms with E-state index >= 15 is 0 Å². The van der Waals surface area contributed by atoms with Crippen molar-refractivity contribution in [2.75, 3.05) is 7.11 Å². The van der Waals surface area contributed by atoms with Gasteiger partial charge in [0.05, 0.1) is 23.9 Å². The lowest BCUT2D eigenvalue weighted by atomic mass is 10.1. The summed E-state index contributed by atoms with van der Waals surface area (Å²) in [4.78, 5) is 4.50. The number of ether oxygens (including phenoxy) is 1. The summed E-state index contributed by atoms with van der Waals surface area (Å²) in [6.07, 6.45) is -0.812. The van der Waals surface area contributed by atoms with Gasteiger partial charge in [-0.25, -0.2) is 4.98 Å². The fraction of sp³-hybridized carbons (Fsp3) is 0.105. The quantitative estimate of drug-likeness (QED) is 0.639. The van der Waals surface area contributed by atoms with Crippen molar-refractivity contribution >= 4 is 23.1 Å². The lowest BCUT2D eigenvalue weighted by molar-refractivity contribution is -0.137. The third-order valence-corrected chi connectivity index (χ3v) is 3.60. The van der Waals surface area contributed by atoms with E-state index in [0.29, 0.717) is 5.56 Å². The first kappa shape index (κ1) is 16.1. The minimum absolute atomic E-state index is 0.655. The van der Waals surface area contributed by atoms with Gasteiger partial charge in [0.25, 0.3) is 0 Å². The summed E-state index contributed by atoms with van der Waals surface area (Å²) in [6, 6.07) is 14.4. The van der Waals surface area contributed by atoms with Gasteiger partial charge >= 0.3 is 6.18 Å². The average Bonchev–Trinajstić information content (AvgIpc) is 2.59. The maximum atomic E-state index is 12.5. The Morgan fingerprint density at radius 2 is 1.67 bits per heavy atom. The molecule has 0 aliphatic heterocycles. The molecule has 122 valence electrons. The number of halogens is 3.